The van der Waals surface area contributed by atoms with Gasteiger partial charge in [0.2, 0.25) is 17.6 Å². The van der Waals surface area contributed by atoms with Gasteiger partial charge in [0.1, 0.15) is 17.2 Å². The summed E-state index contributed by atoms with van der Waals surface area (Å²) in [5.41, 5.74) is -1.10. The van der Waals surface area contributed by atoms with Crippen molar-refractivity contribution in [2.24, 2.45) is 0 Å². The summed E-state index contributed by atoms with van der Waals surface area (Å²) >= 11 is 0. The summed E-state index contributed by atoms with van der Waals surface area (Å²) in [5.74, 6) is 2.77. The van der Waals surface area contributed by atoms with E-state index in [1.807, 2.05) is 91.0 Å². The fourth-order valence-corrected chi connectivity index (χ4v) is 4.24. The highest BCUT2D eigenvalue weighted by Gasteiger charge is 2.39. The van der Waals surface area contributed by atoms with Crippen molar-refractivity contribution in [3.8, 4) is 34.9 Å². The molecule has 0 amide bonds. The van der Waals surface area contributed by atoms with Crippen LogP contribution >= 0.6 is 0 Å². The number of ether oxygens (including phenoxy) is 3. The lowest BCUT2D eigenvalue weighted by atomic mass is 9.90. The van der Waals surface area contributed by atoms with Crippen molar-refractivity contribution in [2.75, 3.05) is 0 Å². The summed E-state index contributed by atoms with van der Waals surface area (Å²) in [6, 6.07) is 43.5. The summed E-state index contributed by atoms with van der Waals surface area (Å²) < 4.78 is 17.9. The second-order valence-corrected chi connectivity index (χ2v) is 9.04. The molecule has 41 heavy (non-hydrogen) atoms. The first-order valence-corrected chi connectivity index (χ1v) is 13.0. The predicted octanol–water partition coefficient (Wildman–Crippen LogP) is 7.53. The molecule has 0 atom stereocenters. The average molecular weight is 540 g/mol. The van der Waals surface area contributed by atoms with E-state index >= 15 is 0 Å². The number of nitrogens with zero attached hydrogens (tertiary/aromatic N) is 3. The smallest absolute Gasteiger partial charge is 0.219 e. The number of para-hydroxylation sites is 3. The molecule has 1 N–H and O–H groups in total. The van der Waals surface area contributed by atoms with Crippen LogP contribution in [0.25, 0.3) is 0 Å². The van der Waals surface area contributed by atoms with E-state index in [9.17, 15) is 5.11 Å². The number of hydrogen-bond acceptors (Lipinski definition) is 7. The average Bonchev–Trinajstić information content (AvgIpc) is 3.03. The van der Waals surface area contributed by atoms with E-state index in [0.717, 1.165) is 0 Å². The minimum Gasteiger partial charge on any atom is -0.439 e. The molecule has 3 heterocycles. The van der Waals surface area contributed by atoms with Gasteiger partial charge in [0.15, 0.2) is 5.60 Å². The highest BCUT2D eigenvalue weighted by molar-refractivity contribution is 5.43. The van der Waals surface area contributed by atoms with Gasteiger partial charge in [0.05, 0.1) is 17.1 Å². The first-order valence-electron chi connectivity index (χ1n) is 13.0. The molecule has 3 aromatic carbocycles. The molecule has 0 aliphatic rings. The fourth-order valence-electron chi connectivity index (χ4n) is 4.24. The van der Waals surface area contributed by atoms with Crippen molar-refractivity contribution < 1.29 is 19.3 Å². The molecule has 6 rings (SSSR count). The Hall–Kier alpha value is -5.53. The molecule has 0 aliphatic heterocycles. The number of rotatable bonds is 9. The molecule has 0 saturated heterocycles. The highest BCUT2D eigenvalue weighted by Crippen LogP contribution is 2.37. The van der Waals surface area contributed by atoms with E-state index in [0.29, 0.717) is 34.9 Å². The SMILES string of the molecule is OC(c1cccc(Oc2ccccc2)n1)(c1cccc(Oc2ccccc2)n1)c1cccc(Oc2ccccc2)n1. The van der Waals surface area contributed by atoms with Gasteiger partial charge in [-0.15, -0.1) is 0 Å². The van der Waals surface area contributed by atoms with Gasteiger partial charge in [-0.3, -0.25) is 0 Å². The summed E-state index contributed by atoms with van der Waals surface area (Å²) in [7, 11) is 0. The Morgan fingerprint density at radius 3 is 0.951 bits per heavy atom. The van der Waals surface area contributed by atoms with Crippen LogP contribution < -0.4 is 14.2 Å². The summed E-state index contributed by atoms with van der Waals surface area (Å²) in [5, 5.41) is 12.5. The molecule has 0 saturated carbocycles. The van der Waals surface area contributed by atoms with Gasteiger partial charge in [-0.25, -0.2) is 15.0 Å². The molecule has 0 fully saturated rings. The second-order valence-electron chi connectivity index (χ2n) is 9.04. The van der Waals surface area contributed by atoms with Gasteiger partial charge in [-0.2, -0.15) is 0 Å². The van der Waals surface area contributed by atoms with Crippen LogP contribution in [0.1, 0.15) is 17.1 Å². The maximum absolute atomic E-state index is 12.5. The maximum atomic E-state index is 12.5. The number of aliphatic hydroxyl groups is 1. The molecule has 6 aromatic rings. The third kappa shape index (κ3) is 5.90. The Bertz CT molecular complexity index is 1530. The molecule has 3 aromatic heterocycles. The van der Waals surface area contributed by atoms with E-state index in [2.05, 4.69) is 15.0 Å². The molecular weight excluding hydrogens is 514 g/mol. The molecular formula is C34H25N3O4. The molecule has 0 bridgehead atoms. The van der Waals surface area contributed by atoms with Gasteiger partial charge in [0.25, 0.3) is 0 Å². The Balaban J connectivity index is 1.44. The van der Waals surface area contributed by atoms with Crippen molar-refractivity contribution >= 4 is 0 Å². The molecule has 7 nitrogen and oxygen atoms in total. The minimum atomic E-state index is -1.89. The second kappa shape index (κ2) is 11.7. The van der Waals surface area contributed by atoms with E-state index in [1.54, 1.807) is 54.6 Å². The fraction of sp³-hybridized carbons (Fsp3) is 0.0294. The van der Waals surface area contributed by atoms with Crippen LogP contribution in [0, 0.1) is 0 Å². The Morgan fingerprint density at radius 1 is 0.366 bits per heavy atom. The van der Waals surface area contributed by atoms with Crippen molar-refractivity contribution in [2.45, 2.75) is 5.60 Å². The Labute approximate surface area is 237 Å². The van der Waals surface area contributed by atoms with Crippen LogP contribution in [0.3, 0.4) is 0 Å². The quantitative estimate of drug-likeness (QED) is 0.203. The first kappa shape index (κ1) is 25.7. The maximum Gasteiger partial charge on any atom is 0.219 e. The standard InChI is InChI=1S/C34H25N3O4/c38-34(28-19-10-22-31(35-28)39-25-13-4-1-5-14-25,29-20-11-23-32(36-29)40-26-15-6-2-7-16-26)30-21-12-24-33(37-30)41-27-17-8-3-9-18-27/h1-24,38H. The third-order valence-corrected chi connectivity index (χ3v) is 6.18. The van der Waals surface area contributed by atoms with Gasteiger partial charge < -0.3 is 19.3 Å². The lowest BCUT2D eigenvalue weighted by molar-refractivity contribution is 0.109. The highest BCUT2D eigenvalue weighted by atomic mass is 16.5. The van der Waals surface area contributed by atoms with Crippen molar-refractivity contribution in [1.82, 2.24) is 15.0 Å². The molecule has 0 unspecified atom stereocenters. The van der Waals surface area contributed by atoms with E-state index < -0.39 is 5.60 Å². The van der Waals surface area contributed by atoms with Crippen molar-refractivity contribution in [3.63, 3.8) is 0 Å². The zero-order valence-corrected chi connectivity index (χ0v) is 21.9. The van der Waals surface area contributed by atoms with Crippen LogP contribution in [-0.4, -0.2) is 20.1 Å². The van der Waals surface area contributed by atoms with Crippen molar-refractivity contribution in [1.29, 1.82) is 0 Å². The Kier molecular flexibility index (Phi) is 7.34. The summed E-state index contributed by atoms with van der Waals surface area (Å²) in [6.45, 7) is 0. The molecule has 0 radical (unpaired) electrons. The number of aromatic nitrogens is 3. The van der Waals surface area contributed by atoms with Crippen LogP contribution in [0.15, 0.2) is 146 Å². The van der Waals surface area contributed by atoms with Crippen molar-refractivity contribution in [3.05, 3.63) is 163 Å². The molecule has 0 spiro atoms. The lowest BCUT2D eigenvalue weighted by Crippen LogP contribution is -2.32. The minimum absolute atomic E-state index is 0.264. The normalized spacial score (nSPS) is 11.0. The van der Waals surface area contributed by atoms with Gasteiger partial charge in [0, 0.05) is 18.2 Å². The summed E-state index contributed by atoms with van der Waals surface area (Å²) in [6.07, 6.45) is 0. The Morgan fingerprint density at radius 2 is 0.659 bits per heavy atom. The zero-order valence-electron chi connectivity index (χ0n) is 21.9. The van der Waals surface area contributed by atoms with Gasteiger partial charge in [-0.1, -0.05) is 72.8 Å². The topological polar surface area (TPSA) is 86.6 Å². The third-order valence-electron chi connectivity index (χ3n) is 6.18. The van der Waals surface area contributed by atoms with Crippen LogP contribution in [0.5, 0.6) is 34.9 Å². The predicted molar refractivity (Wildman–Crippen MR) is 154 cm³/mol. The van der Waals surface area contributed by atoms with Gasteiger partial charge in [-0.05, 0) is 54.6 Å². The molecule has 0 aliphatic carbocycles. The number of benzene rings is 3. The largest absolute Gasteiger partial charge is 0.439 e. The lowest BCUT2D eigenvalue weighted by Gasteiger charge is -2.27. The van der Waals surface area contributed by atoms with Crippen LogP contribution in [-0.2, 0) is 5.60 Å². The zero-order chi connectivity index (χ0) is 27.9. The van der Waals surface area contributed by atoms with E-state index in [4.69, 9.17) is 14.2 Å². The van der Waals surface area contributed by atoms with Gasteiger partial charge >= 0.3 is 0 Å². The van der Waals surface area contributed by atoms with E-state index in [-0.39, 0.29) is 17.1 Å². The summed E-state index contributed by atoms with van der Waals surface area (Å²) in [4.78, 5) is 14.1. The monoisotopic (exact) mass is 539 g/mol. The number of hydrogen-bond donors (Lipinski definition) is 1. The van der Waals surface area contributed by atoms with E-state index in [1.165, 1.54) is 0 Å². The number of pyridine rings is 3. The molecule has 7 heteroatoms. The van der Waals surface area contributed by atoms with Crippen LogP contribution in [0.4, 0.5) is 0 Å². The first-order chi connectivity index (χ1) is 20.2. The van der Waals surface area contributed by atoms with Crippen LogP contribution in [0.2, 0.25) is 0 Å². The molecule has 200 valence electrons.